The van der Waals surface area contributed by atoms with Crippen LogP contribution in [0.25, 0.3) is 0 Å². The van der Waals surface area contributed by atoms with Gasteiger partial charge in [0.2, 0.25) is 0 Å². The summed E-state index contributed by atoms with van der Waals surface area (Å²) in [4.78, 5) is 25.1. The van der Waals surface area contributed by atoms with Crippen LogP contribution in [0.2, 0.25) is 0 Å². The zero-order valence-corrected chi connectivity index (χ0v) is 37.5. The molecular weight excluding hydrogens is 871 g/mol. The highest BCUT2D eigenvalue weighted by Gasteiger charge is 2.51. The molecule has 0 aromatic rings. The van der Waals surface area contributed by atoms with E-state index in [1.54, 1.807) is 86.8 Å². The first-order chi connectivity index (χ1) is 31.2. The third-order valence-electron chi connectivity index (χ3n) is 11.9. The van der Waals surface area contributed by atoms with Gasteiger partial charge in [0.15, 0.2) is 18.2 Å². The maximum Gasteiger partial charge on any atom is 0.311 e. The van der Waals surface area contributed by atoms with Gasteiger partial charge in [-0.1, -0.05) is 98.9 Å². The molecule has 0 radical (unpaired) electrons. The zero-order valence-electron chi connectivity index (χ0n) is 37.5. The Balaban J connectivity index is 1.87. The second kappa shape index (κ2) is 28.1. The van der Waals surface area contributed by atoms with Gasteiger partial charge in [0, 0.05) is 37.5 Å². The fourth-order valence-corrected chi connectivity index (χ4v) is 7.94. The first-order valence-electron chi connectivity index (χ1n) is 22.3. The number of aliphatic hydroxyl groups excluding tert-OH is 10. The van der Waals surface area contributed by atoms with Crippen molar-refractivity contribution in [3.8, 4) is 0 Å². The molecular formula is C47H71FO18. The van der Waals surface area contributed by atoms with E-state index in [2.05, 4.69) is 0 Å². The summed E-state index contributed by atoms with van der Waals surface area (Å²) >= 11 is 0. The molecule has 2 saturated heterocycles. The third kappa shape index (κ3) is 18.5. The van der Waals surface area contributed by atoms with Gasteiger partial charge < -0.3 is 80.2 Å². The van der Waals surface area contributed by atoms with E-state index in [1.165, 1.54) is 12.2 Å². The van der Waals surface area contributed by atoms with Crippen molar-refractivity contribution in [2.45, 2.75) is 170 Å². The minimum absolute atomic E-state index is 0.133. The van der Waals surface area contributed by atoms with Crippen LogP contribution in [0.4, 0.5) is 4.39 Å². The van der Waals surface area contributed by atoms with Crippen LogP contribution in [0, 0.1) is 17.8 Å². The van der Waals surface area contributed by atoms with E-state index in [4.69, 9.17) is 18.9 Å². The summed E-state index contributed by atoms with van der Waals surface area (Å²) in [6.07, 6.45) is -2.82. The molecule has 2 fully saturated rings. The number of aliphatic hydroxyl groups is 11. The number of hydrogen-bond donors (Lipinski definition) is 12. The Labute approximate surface area is 384 Å². The molecule has 3 heterocycles. The summed E-state index contributed by atoms with van der Waals surface area (Å²) in [5.41, 5.74) is 0. The lowest BCUT2D eigenvalue weighted by Crippen LogP contribution is -2.59. The fraction of sp³-hybridized carbons (Fsp3) is 0.660. The lowest BCUT2D eigenvalue weighted by Gasteiger charge is -2.45. The number of esters is 1. The Morgan fingerprint density at radius 2 is 1.29 bits per heavy atom. The van der Waals surface area contributed by atoms with E-state index in [9.17, 15) is 75.3 Å². The summed E-state index contributed by atoms with van der Waals surface area (Å²) < 4.78 is 37.5. The number of fused-ring (bicyclic) bond motifs is 2. The molecule has 374 valence electrons. The molecule has 19 heteroatoms. The highest BCUT2D eigenvalue weighted by atomic mass is 19.1. The van der Waals surface area contributed by atoms with Gasteiger partial charge >= 0.3 is 11.9 Å². The van der Waals surface area contributed by atoms with Gasteiger partial charge in [0.05, 0.1) is 68.0 Å². The van der Waals surface area contributed by atoms with Crippen LogP contribution >= 0.6 is 0 Å². The maximum atomic E-state index is 14.9. The summed E-state index contributed by atoms with van der Waals surface area (Å²) in [5.74, 6) is -7.11. The third-order valence-corrected chi connectivity index (χ3v) is 11.9. The van der Waals surface area contributed by atoms with Crippen LogP contribution in [-0.4, -0.2) is 177 Å². The van der Waals surface area contributed by atoms with Crippen LogP contribution in [0.15, 0.2) is 85.1 Å². The van der Waals surface area contributed by atoms with Crippen LogP contribution in [0.5, 0.6) is 0 Å². The van der Waals surface area contributed by atoms with Crippen molar-refractivity contribution in [3.63, 3.8) is 0 Å². The predicted octanol–water partition coefficient (Wildman–Crippen LogP) is 0.695. The lowest BCUT2D eigenvalue weighted by atomic mass is 9.82. The number of hydrogen-bond acceptors (Lipinski definition) is 17. The Bertz CT molecular complexity index is 1680. The number of cyclic esters (lactones) is 1. The Hall–Kier alpha value is -3.51. The monoisotopic (exact) mass is 942 g/mol. The number of rotatable bonds is 4. The molecule has 12 N–H and O–H groups in total. The van der Waals surface area contributed by atoms with Crippen molar-refractivity contribution in [2.24, 2.45) is 17.8 Å². The maximum absolute atomic E-state index is 14.9. The molecule has 0 aliphatic carbocycles. The molecule has 0 amide bonds. The number of carbonyl (C=O) groups excluding carboxylic acids is 1. The second-order valence-electron chi connectivity index (χ2n) is 17.5. The van der Waals surface area contributed by atoms with Crippen LogP contribution in [-0.2, 0) is 28.5 Å². The molecule has 18 nitrogen and oxygen atoms in total. The van der Waals surface area contributed by atoms with Crippen molar-refractivity contribution in [1.82, 2.24) is 0 Å². The van der Waals surface area contributed by atoms with E-state index in [1.807, 2.05) is 6.92 Å². The molecule has 12 unspecified atom stereocenters. The van der Waals surface area contributed by atoms with Gasteiger partial charge in [-0.15, -0.1) is 0 Å². The number of carboxylic acids is 1. The number of halogens is 1. The molecule has 66 heavy (non-hydrogen) atoms. The minimum Gasteiger partial charge on any atom is -0.481 e. The molecule has 0 spiro atoms. The molecule has 3 aliphatic rings. The minimum atomic E-state index is -2.40. The molecule has 0 aromatic carbocycles. The van der Waals surface area contributed by atoms with E-state index in [0.717, 1.165) is 0 Å². The summed E-state index contributed by atoms with van der Waals surface area (Å²) in [7, 11) is 0. The topological polar surface area (TPSA) is 314 Å². The summed E-state index contributed by atoms with van der Waals surface area (Å²) in [6, 6.07) is 0. The van der Waals surface area contributed by atoms with Crippen LogP contribution in [0.3, 0.4) is 0 Å². The number of carbonyl (C=O) groups is 2. The number of aliphatic carboxylic acids is 1. The van der Waals surface area contributed by atoms with Gasteiger partial charge in [-0.05, 0) is 26.2 Å². The van der Waals surface area contributed by atoms with Gasteiger partial charge in [-0.2, -0.15) is 0 Å². The van der Waals surface area contributed by atoms with E-state index in [-0.39, 0.29) is 25.2 Å². The van der Waals surface area contributed by atoms with Gasteiger partial charge in [0.1, 0.15) is 30.3 Å². The number of carboxylic acid groups (broad SMARTS) is 1. The standard InChI is InChI=1S/C47H71FO18/c1-27-16-14-12-10-8-6-4-5-7-9-11-13-15-17-33(64-46-44(59)41(48)43(58)38(26-49)65-46)23-37-40(45(60)61)36(55)25-47(62,66-37)24-32(52)21-35(54)34(53)19-18-30(50)20-31(51)22-39(56)63-29(3)28(2)42(27)57/h4-17,27-38,40-44,46,49-55,57-59,62H,18-26H2,1-3H3,(H,60,61)/b5-4+,8-6+,9-7+,12-10+,13-11+,16-14+,17-15+/t27-,28-,29-,30?,31?,32?,33?,34?,35?,36-,37-,38?,40+,41?,42+,43?,44?,46?,47?/m0/s1. The summed E-state index contributed by atoms with van der Waals surface area (Å²) in [5, 5.41) is 127. The SMILES string of the molecule is C[C@@H]1[C@H](O)[C@@H](C)/C=C/C=C/C=C/C=C/C=C/C=C/C=C/C(OC2OC(CO)C(O)C(F)C2O)C[C@@H]2OC(O)(CC(O)CC(O)C(O)CCC(O)CC(O)CC(=O)O[C@H]1C)C[C@H](O)[C@H]2C(=O)O. The number of alkyl halides is 1. The highest BCUT2D eigenvalue weighted by molar-refractivity contribution is 5.71. The highest BCUT2D eigenvalue weighted by Crippen LogP contribution is 2.38. The predicted molar refractivity (Wildman–Crippen MR) is 235 cm³/mol. The van der Waals surface area contributed by atoms with Gasteiger partial charge in [-0.25, -0.2) is 4.39 Å². The van der Waals surface area contributed by atoms with Crippen molar-refractivity contribution in [2.75, 3.05) is 6.61 Å². The van der Waals surface area contributed by atoms with Crippen molar-refractivity contribution < 1.29 is 94.2 Å². The molecule has 2 bridgehead atoms. The van der Waals surface area contributed by atoms with Gasteiger partial charge in [-0.3, -0.25) is 9.59 Å². The van der Waals surface area contributed by atoms with Crippen LogP contribution < -0.4 is 0 Å². The average Bonchev–Trinajstić information content (AvgIpc) is 3.23. The van der Waals surface area contributed by atoms with E-state index < -0.39 is 160 Å². The lowest BCUT2D eigenvalue weighted by molar-refractivity contribution is -0.314. The fourth-order valence-electron chi connectivity index (χ4n) is 7.94. The largest absolute Gasteiger partial charge is 0.481 e. The van der Waals surface area contributed by atoms with Gasteiger partial charge in [0.25, 0.3) is 0 Å². The Morgan fingerprint density at radius 1 is 0.712 bits per heavy atom. The van der Waals surface area contributed by atoms with Crippen molar-refractivity contribution in [3.05, 3.63) is 85.1 Å². The molecule has 0 saturated carbocycles. The first kappa shape index (κ1) is 56.8. The quantitative estimate of drug-likeness (QED) is 0.173. The number of ether oxygens (including phenoxy) is 4. The summed E-state index contributed by atoms with van der Waals surface area (Å²) in [6.45, 7) is 4.34. The Kier molecular flexibility index (Phi) is 24.2. The molecule has 0 aromatic heterocycles. The van der Waals surface area contributed by atoms with Crippen LogP contribution in [0.1, 0.15) is 72.1 Å². The number of allylic oxidation sites excluding steroid dienone is 12. The zero-order chi connectivity index (χ0) is 49.1. The molecule has 3 rings (SSSR count). The smallest absolute Gasteiger partial charge is 0.311 e. The first-order valence-corrected chi connectivity index (χ1v) is 22.3. The normalized spacial score (nSPS) is 45.0. The van der Waals surface area contributed by atoms with E-state index >= 15 is 0 Å². The van der Waals surface area contributed by atoms with E-state index in [0.29, 0.717) is 0 Å². The van der Waals surface area contributed by atoms with Crippen molar-refractivity contribution in [1.29, 1.82) is 0 Å². The Morgan fingerprint density at radius 3 is 1.86 bits per heavy atom. The second-order valence-corrected chi connectivity index (χ2v) is 17.5. The van der Waals surface area contributed by atoms with Crippen molar-refractivity contribution >= 4 is 11.9 Å². The molecule has 19 atom stereocenters. The average molecular weight is 943 g/mol. The molecule has 3 aliphatic heterocycles.